The molecule has 20 heavy (non-hydrogen) atoms. The molecule has 0 spiro atoms. The molecule has 0 saturated heterocycles. The predicted octanol–water partition coefficient (Wildman–Crippen LogP) is 4.56. The summed E-state index contributed by atoms with van der Waals surface area (Å²) in [5.41, 5.74) is 2.69. The first-order chi connectivity index (χ1) is 9.65. The first-order valence-corrected chi connectivity index (χ1v) is 7.24. The molecule has 0 aliphatic heterocycles. The molecule has 0 amide bonds. The van der Waals surface area contributed by atoms with Crippen molar-refractivity contribution in [1.29, 1.82) is 0 Å². The SMILES string of the molecule is Cc1cccc(C)c1Sc1cc2ccccc2oc1=O. The minimum Gasteiger partial charge on any atom is -0.422 e. The van der Waals surface area contributed by atoms with Crippen LogP contribution in [0.15, 0.2) is 67.5 Å². The summed E-state index contributed by atoms with van der Waals surface area (Å²) in [5.74, 6) is 0. The smallest absolute Gasteiger partial charge is 0.350 e. The lowest BCUT2D eigenvalue weighted by Gasteiger charge is -2.08. The third kappa shape index (κ3) is 2.37. The van der Waals surface area contributed by atoms with E-state index in [1.54, 1.807) is 0 Å². The summed E-state index contributed by atoms with van der Waals surface area (Å²) in [5, 5.41) is 0.945. The van der Waals surface area contributed by atoms with Gasteiger partial charge in [-0.25, -0.2) is 4.79 Å². The third-order valence-electron chi connectivity index (χ3n) is 3.23. The molecular formula is C17H14O2S. The van der Waals surface area contributed by atoms with Gasteiger partial charge >= 0.3 is 5.63 Å². The maximum atomic E-state index is 12.1. The van der Waals surface area contributed by atoms with Crippen molar-refractivity contribution in [2.75, 3.05) is 0 Å². The average Bonchev–Trinajstić information content (AvgIpc) is 2.43. The summed E-state index contributed by atoms with van der Waals surface area (Å²) < 4.78 is 5.37. The number of para-hydroxylation sites is 1. The summed E-state index contributed by atoms with van der Waals surface area (Å²) in [6.07, 6.45) is 0. The highest BCUT2D eigenvalue weighted by Gasteiger charge is 2.10. The van der Waals surface area contributed by atoms with Crippen LogP contribution in [-0.4, -0.2) is 0 Å². The van der Waals surface area contributed by atoms with Crippen LogP contribution < -0.4 is 5.63 Å². The Morgan fingerprint density at radius 3 is 2.40 bits per heavy atom. The molecule has 1 heterocycles. The highest BCUT2D eigenvalue weighted by Crippen LogP contribution is 2.32. The number of benzene rings is 2. The van der Waals surface area contributed by atoms with Gasteiger partial charge in [0.05, 0.1) is 4.90 Å². The predicted molar refractivity (Wildman–Crippen MR) is 82.5 cm³/mol. The number of hydrogen-bond acceptors (Lipinski definition) is 3. The first-order valence-electron chi connectivity index (χ1n) is 6.42. The Kier molecular flexibility index (Phi) is 3.36. The quantitative estimate of drug-likeness (QED) is 0.645. The van der Waals surface area contributed by atoms with Crippen molar-refractivity contribution in [2.45, 2.75) is 23.6 Å². The van der Waals surface area contributed by atoms with E-state index in [1.165, 1.54) is 22.9 Å². The monoisotopic (exact) mass is 282 g/mol. The van der Waals surface area contributed by atoms with Gasteiger partial charge < -0.3 is 4.42 Å². The maximum absolute atomic E-state index is 12.1. The molecule has 3 rings (SSSR count). The Morgan fingerprint density at radius 2 is 1.65 bits per heavy atom. The molecule has 3 heteroatoms. The van der Waals surface area contributed by atoms with Crippen LogP contribution in [0, 0.1) is 13.8 Å². The summed E-state index contributed by atoms with van der Waals surface area (Å²) in [4.78, 5) is 13.8. The van der Waals surface area contributed by atoms with Crippen molar-refractivity contribution in [2.24, 2.45) is 0 Å². The Hall–Kier alpha value is -2.00. The lowest BCUT2D eigenvalue weighted by atomic mass is 10.2. The summed E-state index contributed by atoms with van der Waals surface area (Å²) >= 11 is 1.48. The van der Waals surface area contributed by atoms with Gasteiger partial charge in [0.2, 0.25) is 0 Å². The molecular weight excluding hydrogens is 268 g/mol. The van der Waals surface area contributed by atoms with Crippen LogP contribution in [0.4, 0.5) is 0 Å². The van der Waals surface area contributed by atoms with Crippen molar-refractivity contribution in [3.05, 3.63) is 70.1 Å². The molecule has 0 atom stereocenters. The summed E-state index contributed by atoms with van der Waals surface area (Å²) in [6.45, 7) is 4.11. The van der Waals surface area contributed by atoms with Crippen LogP contribution >= 0.6 is 11.8 Å². The van der Waals surface area contributed by atoms with Gasteiger partial charge in [0.15, 0.2) is 0 Å². The lowest BCUT2D eigenvalue weighted by molar-refractivity contribution is 0.544. The van der Waals surface area contributed by atoms with Crippen LogP contribution in [0.2, 0.25) is 0 Å². The number of rotatable bonds is 2. The van der Waals surface area contributed by atoms with E-state index in [4.69, 9.17) is 4.42 Å². The minimum absolute atomic E-state index is 0.281. The van der Waals surface area contributed by atoms with E-state index in [-0.39, 0.29) is 5.63 Å². The van der Waals surface area contributed by atoms with Crippen LogP contribution in [0.5, 0.6) is 0 Å². The van der Waals surface area contributed by atoms with Crippen molar-refractivity contribution in [3.63, 3.8) is 0 Å². The molecule has 2 aromatic carbocycles. The van der Waals surface area contributed by atoms with E-state index in [2.05, 4.69) is 26.0 Å². The zero-order valence-corrected chi connectivity index (χ0v) is 12.2. The van der Waals surface area contributed by atoms with E-state index in [1.807, 2.05) is 36.4 Å². The molecule has 0 N–H and O–H groups in total. The normalized spacial score (nSPS) is 10.9. The van der Waals surface area contributed by atoms with E-state index in [0.29, 0.717) is 10.5 Å². The molecule has 3 aromatic rings. The lowest BCUT2D eigenvalue weighted by Crippen LogP contribution is -2.01. The summed E-state index contributed by atoms with van der Waals surface area (Å²) in [6, 6.07) is 15.6. The van der Waals surface area contributed by atoms with E-state index in [0.717, 1.165) is 10.3 Å². The zero-order chi connectivity index (χ0) is 14.1. The molecule has 2 nitrogen and oxygen atoms in total. The second-order valence-electron chi connectivity index (χ2n) is 4.76. The van der Waals surface area contributed by atoms with Gasteiger partial charge in [-0.2, -0.15) is 0 Å². The van der Waals surface area contributed by atoms with Crippen LogP contribution in [0.3, 0.4) is 0 Å². The highest BCUT2D eigenvalue weighted by molar-refractivity contribution is 7.99. The minimum atomic E-state index is -0.281. The Morgan fingerprint density at radius 1 is 0.950 bits per heavy atom. The third-order valence-corrected chi connectivity index (χ3v) is 4.58. The van der Waals surface area contributed by atoms with Crippen LogP contribution in [0.25, 0.3) is 11.0 Å². The van der Waals surface area contributed by atoms with Crippen molar-refractivity contribution in [3.8, 4) is 0 Å². The molecule has 0 aliphatic rings. The first kappa shape index (κ1) is 13.0. The topological polar surface area (TPSA) is 30.2 Å². The highest BCUT2D eigenvalue weighted by atomic mass is 32.2. The Labute approximate surface area is 121 Å². The fraction of sp³-hybridized carbons (Fsp3) is 0.118. The van der Waals surface area contributed by atoms with Crippen molar-refractivity contribution < 1.29 is 4.42 Å². The van der Waals surface area contributed by atoms with Crippen molar-refractivity contribution in [1.82, 2.24) is 0 Å². The summed E-state index contributed by atoms with van der Waals surface area (Å²) in [7, 11) is 0. The van der Waals surface area contributed by atoms with E-state index in [9.17, 15) is 4.79 Å². The number of hydrogen-bond donors (Lipinski definition) is 0. The fourth-order valence-electron chi connectivity index (χ4n) is 2.18. The van der Waals surface area contributed by atoms with E-state index >= 15 is 0 Å². The standard InChI is InChI=1S/C17H14O2S/c1-11-6-5-7-12(2)16(11)20-15-10-13-8-3-4-9-14(13)19-17(15)18/h3-10H,1-2H3. The van der Waals surface area contributed by atoms with Gasteiger partial charge in [0, 0.05) is 10.3 Å². The van der Waals surface area contributed by atoms with Gasteiger partial charge in [-0.15, -0.1) is 0 Å². The average molecular weight is 282 g/mol. The molecule has 0 bridgehead atoms. The molecule has 0 fully saturated rings. The second-order valence-corrected chi connectivity index (χ2v) is 5.81. The molecule has 100 valence electrons. The van der Waals surface area contributed by atoms with Crippen LogP contribution in [0.1, 0.15) is 11.1 Å². The van der Waals surface area contributed by atoms with E-state index < -0.39 is 0 Å². The largest absolute Gasteiger partial charge is 0.422 e. The molecule has 0 aliphatic carbocycles. The van der Waals surface area contributed by atoms with Gasteiger partial charge in [-0.3, -0.25) is 0 Å². The molecule has 0 saturated carbocycles. The fourth-order valence-corrected chi connectivity index (χ4v) is 3.17. The van der Waals surface area contributed by atoms with Crippen LogP contribution in [-0.2, 0) is 0 Å². The molecule has 0 radical (unpaired) electrons. The maximum Gasteiger partial charge on any atom is 0.350 e. The van der Waals surface area contributed by atoms with Gasteiger partial charge in [-0.05, 0) is 37.1 Å². The number of fused-ring (bicyclic) bond motifs is 1. The van der Waals surface area contributed by atoms with Gasteiger partial charge in [0.25, 0.3) is 0 Å². The molecule has 1 aromatic heterocycles. The van der Waals surface area contributed by atoms with Gasteiger partial charge in [0.1, 0.15) is 5.58 Å². The second kappa shape index (κ2) is 5.17. The van der Waals surface area contributed by atoms with Gasteiger partial charge in [-0.1, -0.05) is 48.2 Å². The zero-order valence-electron chi connectivity index (χ0n) is 11.3. The Bertz CT molecular complexity index is 814. The number of aryl methyl sites for hydroxylation is 2. The Balaban J connectivity index is 2.11. The van der Waals surface area contributed by atoms with Crippen molar-refractivity contribution >= 4 is 22.7 Å². The molecule has 0 unspecified atom stereocenters.